The fourth-order valence-corrected chi connectivity index (χ4v) is 11.5. The fraction of sp³-hybridized carbons (Fsp3) is 0.900. The lowest BCUT2D eigenvalue weighted by molar-refractivity contribution is -0.240. The molecule has 0 amide bonds. The first-order chi connectivity index (χ1) is 16.8. The molecule has 0 saturated heterocycles. The van der Waals surface area contributed by atoms with Crippen molar-refractivity contribution in [3.63, 3.8) is 0 Å². The van der Waals surface area contributed by atoms with E-state index in [0.29, 0.717) is 24.7 Å². The number of aliphatic carboxylic acids is 1. The molecule has 4 saturated carbocycles. The first kappa shape index (κ1) is 28.4. The van der Waals surface area contributed by atoms with E-state index in [1.54, 1.807) is 18.9 Å². The average Bonchev–Trinajstić information content (AvgIpc) is 3.07. The van der Waals surface area contributed by atoms with Crippen molar-refractivity contribution in [2.24, 2.45) is 51.8 Å². The lowest BCUT2D eigenvalue weighted by Crippen LogP contribution is -2.66. The summed E-state index contributed by atoms with van der Waals surface area (Å²) < 4.78 is 5.47. The quantitative estimate of drug-likeness (QED) is 0.281. The molecule has 36 heavy (non-hydrogen) atoms. The molecular formula is C30H50O5S. The van der Waals surface area contributed by atoms with Gasteiger partial charge < -0.3 is 20.1 Å². The maximum absolute atomic E-state index is 12.7. The molecule has 0 heterocycles. The summed E-state index contributed by atoms with van der Waals surface area (Å²) in [4.78, 5) is 12.7. The van der Waals surface area contributed by atoms with Crippen LogP contribution in [0.1, 0.15) is 86.5 Å². The Hall–Kier alpha value is -0.560. The number of hydrogen-bond donors (Lipinski definition) is 3. The standard InChI is InChI=1S/C30H50O5S/c1-17(2)8-9-19(27(33)34)25-21-14-23(32)26-28(4)12-11-22(31)18(3)20(28)10-13-29(26,5)30(21,6)15-24(25)36-16-35-7/h8,18-26,31-32H,9-16H2,1-7H3,(H,33,34)/t18-,19+,20?,21?,22+,23?,24-,25+,26?,28-,29-,30-/m0/s1. The number of hydrogen-bond acceptors (Lipinski definition) is 5. The van der Waals surface area contributed by atoms with E-state index in [1.807, 2.05) is 13.8 Å². The molecule has 3 N–H and O–H groups in total. The van der Waals surface area contributed by atoms with Gasteiger partial charge in [0.1, 0.15) is 0 Å². The lowest BCUT2D eigenvalue weighted by Gasteiger charge is -2.69. The Kier molecular flexibility index (Phi) is 8.06. The zero-order valence-electron chi connectivity index (χ0n) is 23.5. The number of carbonyl (C=O) groups is 1. The predicted octanol–water partition coefficient (Wildman–Crippen LogP) is 5.99. The Morgan fingerprint density at radius 2 is 1.78 bits per heavy atom. The fourth-order valence-electron chi connectivity index (χ4n) is 10.1. The molecule has 4 rings (SSSR count). The van der Waals surface area contributed by atoms with Crippen LogP contribution in [0.4, 0.5) is 0 Å². The lowest BCUT2D eigenvalue weighted by atomic mass is 9.36. The number of ether oxygens (including phenoxy) is 1. The zero-order valence-corrected chi connectivity index (χ0v) is 24.3. The van der Waals surface area contributed by atoms with Crippen molar-refractivity contribution in [3.05, 3.63) is 11.6 Å². The third-order valence-electron chi connectivity index (χ3n) is 11.9. The van der Waals surface area contributed by atoms with Gasteiger partial charge >= 0.3 is 5.97 Å². The van der Waals surface area contributed by atoms with Gasteiger partial charge in [0.05, 0.1) is 24.1 Å². The number of aliphatic hydroxyl groups excluding tert-OH is 2. The number of allylic oxidation sites excluding steroid dienone is 2. The number of carboxylic acid groups (broad SMARTS) is 1. The van der Waals surface area contributed by atoms with Gasteiger partial charge in [-0.1, -0.05) is 39.3 Å². The Morgan fingerprint density at radius 1 is 1.08 bits per heavy atom. The van der Waals surface area contributed by atoms with Crippen molar-refractivity contribution in [2.45, 2.75) is 104 Å². The number of thioether (sulfide) groups is 1. The molecule has 5 nitrogen and oxygen atoms in total. The van der Waals surface area contributed by atoms with E-state index < -0.39 is 18.0 Å². The maximum Gasteiger partial charge on any atom is 0.307 e. The Morgan fingerprint density at radius 3 is 2.39 bits per heavy atom. The van der Waals surface area contributed by atoms with Crippen LogP contribution in [0.2, 0.25) is 0 Å². The minimum atomic E-state index is -0.711. The van der Waals surface area contributed by atoms with E-state index in [9.17, 15) is 20.1 Å². The first-order valence-electron chi connectivity index (χ1n) is 14.1. The summed E-state index contributed by atoms with van der Waals surface area (Å²) in [7, 11) is 1.71. The third-order valence-corrected chi connectivity index (χ3v) is 13.2. The SMILES string of the molecule is COCS[C@H]1C[C@@]2(C)C(CC(O)C3[C@@]4(C)CC[C@@H](O)[C@@H](C)C4CC[C@@]32C)[C@H]1[C@@H](CC=C(C)C)C(=O)O. The first-order valence-corrected chi connectivity index (χ1v) is 15.2. The van der Waals surface area contributed by atoms with Crippen LogP contribution in [0, 0.1) is 51.8 Å². The van der Waals surface area contributed by atoms with Crippen LogP contribution in [0.15, 0.2) is 11.6 Å². The molecule has 0 aliphatic heterocycles. The molecule has 0 aromatic carbocycles. The van der Waals surface area contributed by atoms with Gasteiger partial charge in [-0.05, 0) is 105 Å². The second kappa shape index (κ2) is 10.2. The molecule has 4 unspecified atom stereocenters. The highest BCUT2D eigenvalue weighted by molar-refractivity contribution is 7.99. The minimum absolute atomic E-state index is 0.000555. The Labute approximate surface area is 222 Å². The van der Waals surface area contributed by atoms with Crippen molar-refractivity contribution in [1.82, 2.24) is 0 Å². The van der Waals surface area contributed by atoms with Crippen molar-refractivity contribution in [3.8, 4) is 0 Å². The molecule has 4 fully saturated rings. The number of carboxylic acids is 1. The van der Waals surface area contributed by atoms with Crippen LogP contribution in [0.25, 0.3) is 0 Å². The van der Waals surface area contributed by atoms with Gasteiger partial charge in [-0.25, -0.2) is 0 Å². The Bertz CT molecular complexity index is 856. The van der Waals surface area contributed by atoms with Crippen LogP contribution in [-0.2, 0) is 9.53 Å². The van der Waals surface area contributed by atoms with Gasteiger partial charge in [-0.2, -0.15) is 0 Å². The van der Waals surface area contributed by atoms with Gasteiger partial charge in [0.2, 0.25) is 0 Å². The van der Waals surface area contributed by atoms with Crippen molar-refractivity contribution in [2.75, 3.05) is 13.0 Å². The van der Waals surface area contributed by atoms with Gasteiger partial charge in [-0.3, -0.25) is 4.79 Å². The minimum Gasteiger partial charge on any atom is -0.481 e. The summed E-state index contributed by atoms with van der Waals surface area (Å²) in [5.74, 6) is 0.434. The largest absolute Gasteiger partial charge is 0.481 e. The van der Waals surface area contributed by atoms with E-state index in [1.165, 1.54) is 0 Å². The molecule has 0 bridgehead atoms. The smallest absolute Gasteiger partial charge is 0.307 e. The molecule has 0 spiro atoms. The number of methoxy groups -OCH3 is 1. The highest BCUT2D eigenvalue weighted by Gasteiger charge is 2.71. The van der Waals surface area contributed by atoms with Crippen LogP contribution in [0.5, 0.6) is 0 Å². The van der Waals surface area contributed by atoms with Gasteiger partial charge in [0, 0.05) is 12.4 Å². The van der Waals surface area contributed by atoms with E-state index in [2.05, 4.69) is 33.8 Å². The summed E-state index contributed by atoms with van der Waals surface area (Å²) in [5.41, 5.74) is 1.04. The van der Waals surface area contributed by atoms with Gasteiger partial charge in [0.15, 0.2) is 0 Å². The number of aliphatic hydroxyl groups is 2. The average molecular weight is 523 g/mol. The highest BCUT2D eigenvalue weighted by atomic mass is 32.2. The highest BCUT2D eigenvalue weighted by Crippen LogP contribution is 2.75. The Balaban J connectivity index is 1.76. The second-order valence-electron chi connectivity index (χ2n) is 13.7. The molecule has 0 aromatic heterocycles. The van der Waals surface area contributed by atoms with Crippen LogP contribution >= 0.6 is 11.8 Å². The number of fused-ring (bicyclic) bond motifs is 5. The van der Waals surface area contributed by atoms with E-state index >= 15 is 0 Å². The van der Waals surface area contributed by atoms with Crippen molar-refractivity contribution in [1.29, 1.82) is 0 Å². The third kappa shape index (κ3) is 4.30. The second-order valence-corrected chi connectivity index (χ2v) is 14.9. The molecule has 206 valence electrons. The van der Waals surface area contributed by atoms with Crippen LogP contribution < -0.4 is 0 Å². The summed E-state index contributed by atoms with van der Waals surface area (Å²) in [6, 6.07) is 0. The van der Waals surface area contributed by atoms with E-state index in [4.69, 9.17) is 4.74 Å². The summed E-state index contributed by atoms with van der Waals surface area (Å²) in [6.45, 7) is 13.5. The van der Waals surface area contributed by atoms with Gasteiger partial charge in [-0.15, -0.1) is 11.8 Å². The van der Waals surface area contributed by atoms with Crippen LogP contribution in [0.3, 0.4) is 0 Å². The van der Waals surface area contributed by atoms with E-state index in [-0.39, 0.29) is 51.3 Å². The zero-order chi connectivity index (χ0) is 26.6. The van der Waals surface area contributed by atoms with E-state index in [0.717, 1.165) is 37.7 Å². The normalized spacial score (nSPS) is 48.9. The summed E-state index contributed by atoms with van der Waals surface area (Å²) >= 11 is 1.78. The summed E-state index contributed by atoms with van der Waals surface area (Å²) in [5, 5.41) is 33.2. The molecule has 4 aliphatic carbocycles. The number of rotatable bonds is 7. The molecular weight excluding hydrogens is 472 g/mol. The molecule has 4 aliphatic rings. The summed E-state index contributed by atoms with van der Waals surface area (Å²) in [6.07, 6.45) is 7.51. The predicted molar refractivity (Wildman–Crippen MR) is 146 cm³/mol. The molecule has 6 heteroatoms. The molecule has 0 aromatic rings. The van der Waals surface area contributed by atoms with Gasteiger partial charge in [0.25, 0.3) is 0 Å². The maximum atomic E-state index is 12.7. The topological polar surface area (TPSA) is 87.0 Å². The molecule has 12 atom stereocenters. The monoisotopic (exact) mass is 522 g/mol. The van der Waals surface area contributed by atoms with Crippen molar-refractivity contribution >= 4 is 17.7 Å². The van der Waals surface area contributed by atoms with Crippen molar-refractivity contribution < 1.29 is 24.9 Å². The van der Waals surface area contributed by atoms with Crippen LogP contribution in [-0.4, -0.2) is 51.8 Å². The molecule has 0 radical (unpaired) electrons.